The van der Waals surface area contributed by atoms with Crippen molar-refractivity contribution in [3.63, 3.8) is 0 Å². The van der Waals surface area contributed by atoms with Crippen LogP contribution in [0.3, 0.4) is 0 Å². The molecule has 0 rings (SSSR count). The van der Waals surface area contributed by atoms with Crippen LogP contribution in [0.5, 0.6) is 0 Å². The maximum absolute atomic E-state index is 5.76. The molecule has 1 atom stereocenters. The second kappa shape index (κ2) is 5.55. The molecule has 0 aromatic carbocycles. The Bertz CT molecular complexity index is 104. The van der Waals surface area contributed by atoms with Gasteiger partial charge in [0.15, 0.2) is 0 Å². The van der Waals surface area contributed by atoms with E-state index in [-0.39, 0.29) is 0 Å². The topological polar surface area (TPSA) is 12.5 Å². The molecule has 2 nitrogen and oxygen atoms in total. The monoisotopic (exact) mass is 173 g/mol. The van der Waals surface area contributed by atoms with Crippen LogP contribution in [-0.2, 0) is 4.84 Å². The van der Waals surface area contributed by atoms with Crippen LogP contribution < -0.4 is 0 Å². The summed E-state index contributed by atoms with van der Waals surface area (Å²) in [7, 11) is 0. The fraction of sp³-hybridized carbons (Fsp3) is 1.00. The van der Waals surface area contributed by atoms with Gasteiger partial charge in [0.1, 0.15) is 0 Å². The summed E-state index contributed by atoms with van der Waals surface area (Å²) in [5.74, 6) is 0. The molecule has 0 heterocycles. The van der Waals surface area contributed by atoms with Crippen LogP contribution >= 0.6 is 0 Å². The molecular weight excluding hydrogens is 150 g/mol. The lowest BCUT2D eigenvalue weighted by molar-refractivity contribution is -0.228. The highest BCUT2D eigenvalue weighted by atomic mass is 16.7. The van der Waals surface area contributed by atoms with Crippen LogP contribution in [0.4, 0.5) is 0 Å². The van der Waals surface area contributed by atoms with E-state index in [9.17, 15) is 0 Å². The van der Waals surface area contributed by atoms with Crippen LogP contribution in [0, 0.1) is 0 Å². The van der Waals surface area contributed by atoms with Gasteiger partial charge in [0.25, 0.3) is 0 Å². The summed E-state index contributed by atoms with van der Waals surface area (Å²) in [5.41, 5.74) is 0. The fourth-order valence-corrected chi connectivity index (χ4v) is 1.12. The van der Waals surface area contributed by atoms with Gasteiger partial charge in [-0.2, -0.15) is 5.06 Å². The van der Waals surface area contributed by atoms with Crippen LogP contribution in [-0.4, -0.2) is 23.3 Å². The first kappa shape index (κ1) is 11.9. The van der Waals surface area contributed by atoms with E-state index in [1.165, 1.54) is 0 Å². The molecule has 74 valence electrons. The summed E-state index contributed by atoms with van der Waals surface area (Å²) in [6.45, 7) is 12.9. The molecule has 0 aliphatic heterocycles. The lowest BCUT2D eigenvalue weighted by Crippen LogP contribution is -2.39. The molecule has 1 unspecified atom stereocenters. The summed E-state index contributed by atoms with van der Waals surface area (Å²) >= 11 is 0. The van der Waals surface area contributed by atoms with Crippen molar-refractivity contribution in [3.8, 4) is 0 Å². The molecule has 0 amide bonds. The third kappa shape index (κ3) is 4.07. The second-order valence-electron chi connectivity index (χ2n) is 3.87. The zero-order valence-corrected chi connectivity index (χ0v) is 9.29. The van der Waals surface area contributed by atoms with Gasteiger partial charge in [0, 0.05) is 12.1 Å². The molecule has 0 saturated heterocycles. The summed E-state index contributed by atoms with van der Waals surface area (Å²) in [6.07, 6.45) is 1.39. The first-order valence-corrected chi connectivity index (χ1v) is 4.94. The Balaban J connectivity index is 3.95. The largest absolute Gasteiger partial charge is 0.296 e. The molecule has 0 aliphatic carbocycles. The summed E-state index contributed by atoms with van der Waals surface area (Å²) < 4.78 is 0. The summed E-state index contributed by atoms with van der Waals surface area (Å²) in [5, 5.41) is 2.06. The minimum atomic E-state index is 0.329. The predicted molar refractivity (Wildman–Crippen MR) is 52.9 cm³/mol. The Kier molecular flexibility index (Phi) is 5.51. The van der Waals surface area contributed by atoms with Crippen molar-refractivity contribution in [1.82, 2.24) is 5.06 Å². The van der Waals surface area contributed by atoms with Gasteiger partial charge in [-0.25, -0.2) is 0 Å². The zero-order valence-electron chi connectivity index (χ0n) is 9.29. The molecule has 0 aromatic rings. The minimum absolute atomic E-state index is 0.329. The molecule has 0 N–H and O–H groups in total. The van der Waals surface area contributed by atoms with Crippen molar-refractivity contribution in [2.24, 2.45) is 0 Å². The summed E-state index contributed by atoms with van der Waals surface area (Å²) in [4.78, 5) is 5.76. The third-order valence-electron chi connectivity index (χ3n) is 1.89. The molecule has 12 heavy (non-hydrogen) atoms. The highest BCUT2D eigenvalue weighted by Crippen LogP contribution is 2.09. The van der Waals surface area contributed by atoms with Gasteiger partial charge in [-0.15, -0.1) is 0 Å². The molecule has 0 radical (unpaired) electrons. The Hall–Kier alpha value is -0.0800. The van der Waals surface area contributed by atoms with E-state index < -0.39 is 0 Å². The molecule has 0 spiro atoms. The smallest absolute Gasteiger partial charge is 0.0762 e. The predicted octanol–water partition coefficient (Wildman–Crippen LogP) is 2.84. The highest BCUT2D eigenvalue weighted by Gasteiger charge is 2.16. The van der Waals surface area contributed by atoms with E-state index in [4.69, 9.17) is 4.84 Å². The molecule has 0 bridgehead atoms. The van der Waals surface area contributed by atoms with Gasteiger partial charge in [-0.05, 0) is 41.0 Å². The number of hydroxylamine groups is 2. The van der Waals surface area contributed by atoms with Gasteiger partial charge in [0.2, 0.25) is 0 Å². The normalized spacial score (nSPS) is 14.8. The van der Waals surface area contributed by atoms with E-state index in [0.29, 0.717) is 18.2 Å². The molecule has 0 fully saturated rings. The van der Waals surface area contributed by atoms with E-state index in [2.05, 4.69) is 46.6 Å². The van der Waals surface area contributed by atoms with Crippen LogP contribution in [0.1, 0.15) is 48.0 Å². The maximum Gasteiger partial charge on any atom is 0.0762 e. The first-order chi connectivity index (χ1) is 5.49. The number of hydrogen-bond donors (Lipinski definition) is 0. The van der Waals surface area contributed by atoms with E-state index in [0.717, 1.165) is 6.42 Å². The minimum Gasteiger partial charge on any atom is -0.296 e. The Labute approximate surface area is 76.9 Å². The van der Waals surface area contributed by atoms with Crippen LogP contribution in [0.2, 0.25) is 0 Å². The van der Waals surface area contributed by atoms with Crippen molar-refractivity contribution in [2.45, 2.75) is 66.2 Å². The number of rotatable bonds is 5. The van der Waals surface area contributed by atoms with Gasteiger partial charge in [-0.3, -0.25) is 4.84 Å². The number of hydrogen-bond acceptors (Lipinski definition) is 2. The van der Waals surface area contributed by atoms with Crippen molar-refractivity contribution in [2.75, 3.05) is 0 Å². The molecular formula is C10H23NO. The second-order valence-corrected chi connectivity index (χ2v) is 3.87. The SMILES string of the molecule is CCC(C)ON(C(C)C)C(C)C. The lowest BCUT2D eigenvalue weighted by Gasteiger charge is -2.31. The Morgan fingerprint density at radius 1 is 1.00 bits per heavy atom. The van der Waals surface area contributed by atoms with Crippen molar-refractivity contribution in [3.05, 3.63) is 0 Å². The van der Waals surface area contributed by atoms with Gasteiger partial charge >= 0.3 is 0 Å². The molecule has 2 heteroatoms. The first-order valence-electron chi connectivity index (χ1n) is 4.94. The van der Waals surface area contributed by atoms with E-state index in [1.54, 1.807) is 0 Å². The number of nitrogens with zero attached hydrogens (tertiary/aromatic N) is 1. The van der Waals surface area contributed by atoms with Crippen molar-refractivity contribution < 1.29 is 4.84 Å². The van der Waals surface area contributed by atoms with Gasteiger partial charge < -0.3 is 0 Å². The van der Waals surface area contributed by atoms with Crippen LogP contribution in [0.15, 0.2) is 0 Å². The van der Waals surface area contributed by atoms with E-state index >= 15 is 0 Å². The van der Waals surface area contributed by atoms with Crippen LogP contribution in [0.25, 0.3) is 0 Å². The Morgan fingerprint density at radius 3 is 1.67 bits per heavy atom. The average molecular weight is 173 g/mol. The Morgan fingerprint density at radius 2 is 1.42 bits per heavy atom. The lowest BCUT2D eigenvalue weighted by atomic mass is 10.3. The van der Waals surface area contributed by atoms with Gasteiger partial charge in [-0.1, -0.05) is 6.92 Å². The van der Waals surface area contributed by atoms with E-state index in [1.807, 2.05) is 0 Å². The zero-order chi connectivity index (χ0) is 9.72. The standard InChI is InChI=1S/C10H23NO/c1-7-10(6)12-11(8(2)3)9(4)5/h8-10H,7H2,1-6H3. The van der Waals surface area contributed by atoms with Gasteiger partial charge in [0.05, 0.1) is 6.10 Å². The summed E-state index contributed by atoms with van der Waals surface area (Å²) in [6, 6.07) is 0.915. The average Bonchev–Trinajstić information content (AvgIpc) is 1.98. The third-order valence-corrected chi connectivity index (χ3v) is 1.89. The maximum atomic E-state index is 5.76. The fourth-order valence-electron chi connectivity index (χ4n) is 1.12. The highest BCUT2D eigenvalue weighted by molar-refractivity contribution is 4.58. The quantitative estimate of drug-likeness (QED) is 0.593. The molecule has 0 aliphatic rings. The molecule has 0 aromatic heterocycles. The molecule has 0 saturated carbocycles. The van der Waals surface area contributed by atoms with Crippen molar-refractivity contribution in [1.29, 1.82) is 0 Å². The van der Waals surface area contributed by atoms with Crippen molar-refractivity contribution >= 4 is 0 Å².